The van der Waals surface area contributed by atoms with Crippen LogP contribution in [0.4, 0.5) is 0 Å². The van der Waals surface area contributed by atoms with Gasteiger partial charge in [0.1, 0.15) is 5.78 Å². The zero-order chi connectivity index (χ0) is 18.2. The molecule has 0 radical (unpaired) electrons. The molecule has 1 heterocycles. The highest BCUT2D eigenvalue weighted by Gasteiger charge is 2.28. The summed E-state index contributed by atoms with van der Waals surface area (Å²) >= 11 is 0. The highest BCUT2D eigenvalue weighted by molar-refractivity contribution is 7.74. The molecule has 25 heavy (non-hydrogen) atoms. The number of allylic oxidation sites excluding steroid dienone is 2. The standard InChI is InChI=1S/C23H25OP/c1-16-14-20(24)15-17(2)25(16)22-9-7-6-8-21(22)18-10-12-19(13-11-18)23(3,4)5/h6-13H,1-2,14-15H2,3-5H3. The van der Waals surface area contributed by atoms with Crippen molar-refractivity contribution in [1.29, 1.82) is 0 Å². The second-order valence-corrected chi connectivity index (χ2v) is 10.1. The molecule has 0 N–H and O–H groups in total. The number of rotatable bonds is 2. The van der Waals surface area contributed by atoms with Gasteiger partial charge in [0.05, 0.1) is 0 Å². The molecule has 1 aliphatic heterocycles. The maximum absolute atomic E-state index is 11.8. The number of ketones is 1. The normalized spacial score (nSPS) is 16.4. The van der Waals surface area contributed by atoms with E-state index in [4.69, 9.17) is 0 Å². The molecule has 0 spiro atoms. The molecular formula is C23H25OP. The molecule has 1 fully saturated rings. The molecule has 0 aromatic heterocycles. The van der Waals surface area contributed by atoms with Gasteiger partial charge in [-0.2, -0.15) is 0 Å². The van der Waals surface area contributed by atoms with Crippen LogP contribution < -0.4 is 5.30 Å². The Kier molecular flexibility index (Phi) is 4.80. The lowest BCUT2D eigenvalue weighted by molar-refractivity contribution is -0.117. The van der Waals surface area contributed by atoms with Crippen molar-refractivity contribution in [2.75, 3.05) is 0 Å². The first-order valence-electron chi connectivity index (χ1n) is 8.64. The second kappa shape index (κ2) is 6.73. The molecule has 0 amide bonds. The van der Waals surface area contributed by atoms with Gasteiger partial charge < -0.3 is 0 Å². The Morgan fingerprint density at radius 2 is 1.44 bits per heavy atom. The molecule has 0 unspecified atom stereocenters. The lowest BCUT2D eigenvalue weighted by atomic mass is 9.86. The first-order valence-corrected chi connectivity index (χ1v) is 9.99. The van der Waals surface area contributed by atoms with Gasteiger partial charge >= 0.3 is 0 Å². The molecule has 0 bridgehead atoms. The molecule has 128 valence electrons. The topological polar surface area (TPSA) is 17.1 Å². The fourth-order valence-electron chi connectivity index (χ4n) is 3.30. The minimum atomic E-state index is -0.700. The van der Waals surface area contributed by atoms with E-state index in [-0.39, 0.29) is 11.2 Å². The molecule has 1 nitrogen and oxygen atoms in total. The zero-order valence-corrected chi connectivity index (χ0v) is 16.2. The van der Waals surface area contributed by atoms with Gasteiger partial charge in [0.25, 0.3) is 0 Å². The fraction of sp³-hybridized carbons (Fsp3) is 0.261. The average Bonchev–Trinajstić information content (AvgIpc) is 2.54. The quantitative estimate of drug-likeness (QED) is 0.595. The Labute approximate surface area is 152 Å². The highest BCUT2D eigenvalue weighted by Crippen LogP contribution is 2.57. The maximum Gasteiger partial charge on any atom is 0.141 e. The Morgan fingerprint density at radius 1 is 0.880 bits per heavy atom. The molecule has 0 aliphatic carbocycles. The van der Waals surface area contributed by atoms with Gasteiger partial charge in [-0.3, -0.25) is 4.79 Å². The van der Waals surface area contributed by atoms with Crippen LogP contribution >= 0.6 is 7.92 Å². The Balaban J connectivity index is 2.03. The van der Waals surface area contributed by atoms with E-state index in [0.717, 1.165) is 10.6 Å². The first kappa shape index (κ1) is 17.8. The summed E-state index contributed by atoms with van der Waals surface area (Å²) < 4.78 is 0. The highest BCUT2D eigenvalue weighted by atomic mass is 31.1. The number of hydrogen-bond acceptors (Lipinski definition) is 1. The van der Waals surface area contributed by atoms with Crippen LogP contribution in [0.5, 0.6) is 0 Å². The molecule has 2 aromatic rings. The second-order valence-electron chi connectivity index (χ2n) is 7.70. The van der Waals surface area contributed by atoms with Crippen LogP contribution in [0.2, 0.25) is 0 Å². The Bertz CT molecular complexity index is 817. The summed E-state index contributed by atoms with van der Waals surface area (Å²) in [6, 6.07) is 17.3. The lowest BCUT2D eigenvalue weighted by Gasteiger charge is -2.29. The van der Waals surface area contributed by atoms with Crippen LogP contribution in [0.3, 0.4) is 0 Å². The molecule has 2 heteroatoms. The summed E-state index contributed by atoms with van der Waals surface area (Å²) in [6.07, 6.45) is 0.976. The number of carbonyl (C=O) groups is 1. The van der Waals surface area contributed by atoms with Gasteiger partial charge in [-0.25, -0.2) is 0 Å². The van der Waals surface area contributed by atoms with Crippen molar-refractivity contribution < 1.29 is 4.79 Å². The van der Waals surface area contributed by atoms with Crippen LogP contribution in [0.15, 0.2) is 72.3 Å². The molecule has 0 saturated carbocycles. The summed E-state index contributed by atoms with van der Waals surface area (Å²) in [5, 5.41) is 3.31. The average molecular weight is 348 g/mol. The van der Waals surface area contributed by atoms with Crippen LogP contribution in [-0.4, -0.2) is 5.78 Å². The summed E-state index contributed by atoms with van der Waals surface area (Å²) in [6.45, 7) is 15.1. The third-order valence-electron chi connectivity index (χ3n) is 4.64. The largest absolute Gasteiger partial charge is 0.299 e. The van der Waals surface area contributed by atoms with E-state index >= 15 is 0 Å². The number of Topliss-reactive ketones (excluding diaryl/α,β-unsaturated/α-hetero) is 1. The molecule has 2 aromatic carbocycles. The molecule has 1 saturated heterocycles. The van der Waals surface area contributed by atoms with Crippen molar-refractivity contribution in [3.05, 3.63) is 77.9 Å². The van der Waals surface area contributed by atoms with E-state index in [9.17, 15) is 4.79 Å². The Morgan fingerprint density at radius 3 is 2.00 bits per heavy atom. The summed E-state index contributed by atoms with van der Waals surface area (Å²) in [7, 11) is -0.700. The zero-order valence-electron chi connectivity index (χ0n) is 15.3. The minimum Gasteiger partial charge on any atom is -0.299 e. The van der Waals surface area contributed by atoms with Crippen molar-refractivity contribution in [3.8, 4) is 11.1 Å². The number of hydrogen-bond donors (Lipinski definition) is 0. The fourth-order valence-corrected chi connectivity index (χ4v) is 5.78. The molecule has 3 rings (SSSR count). The minimum absolute atomic E-state index is 0.147. The maximum atomic E-state index is 11.8. The van der Waals surface area contributed by atoms with Gasteiger partial charge in [-0.1, -0.05) is 82.5 Å². The van der Waals surface area contributed by atoms with Crippen molar-refractivity contribution in [3.63, 3.8) is 0 Å². The van der Waals surface area contributed by atoms with Crippen LogP contribution in [0.25, 0.3) is 11.1 Å². The molecular weight excluding hydrogens is 323 g/mol. The predicted octanol–water partition coefficient (Wildman–Crippen LogP) is 6.15. The molecule has 1 aliphatic rings. The van der Waals surface area contributed by atoms with E-state index in [2.05, 4.69) is 82.5 Å². The SMILES string of the molecule is C=C1CC(=O)CC(=C)P1c1ccccc1-c1ccc(C(C)(C)C)cc1. The summed E-state index contributed by atoms with van der Waals surface area (Å²) in [5.41, 5.74) is 3.92. The van der Waals surface area contributed by atoms with Gasteiger partial charge in [0, 0.05) is 12.8 Å². The van der Waals surface area contributed by atoms with Crippen molar-refractivity contribution in [2.45, 2.75) is 39.0 Å². The van der Waals surface area contributed by atoms with Gasteiger partial charge in [0.15, 0.2) is 0 Å². The lowest BCUT2D eigenvalue weighted by Crippen LogP contribution is -2.15. The van der Waals surface area contributed by atoms with Gasteiger partial charge in [0.2, 0.25) is 0 Å². The predicted molar refractivity (Wildman–Crippen MR) is 110 cm³/mol. The van der Waals surface area contributed by atoms with E-state index in [0.29, 0.717) is 12.8 Å². The Hall–Kier alpha value is -1.98. The van der Waals surface area contributed by atoms with E-state index in [1.54, 1.807) is 0 Å². The summed E-state index contributed by atoms with van der Waals surface area (Å²) in [4.78, 5) is 11.8. The van der Waals surface area contributed by atoms with Crippen molar-refractivity contribution in [1.82, 2.24) is 0 Å². The van der Waals surface area contributed by atoms with Crippen LogP contribution in [0, 0.1) is 0 Å². The van der Waals surface area contributed by atoms with Gasteiger partial charge in [-0.05, 0) is 46.0 Å². The van der Waals surface area contributed by atoms with Crippen LogP contribution in [-0.2, 0) is 10.2 Å². The van der Waals surface area contributed by atoms with E-state index < -0.39 is 7.92 Å². The van der Waals surface area contributed by atoms with Crippen LogP contribution in [0.1, 0.15) is 39.2 Å². The smallest absolute Gasteiger partial charge is 0.141 e. The number of carbonyl (C=O) groups excluding carboxylic acids is 1. The van der Waals surface area contributed by atoms with Crippen molar-refractivity contribution >= 4 is 19.0 Å². The molecule has 0 atom stereocenters. The first-order chi connectivity index (χ1) is 11.8. The van der Waals surface area contributed by atoms with E-state index in [1.807, 2.05) is 0 Å². The van der Waals surface area contributed by atoms with Gasteiger partial charge in [-0.15, -0.1) is 0 Å². The third kappa shape index (κ3) is 3.67. The monoisotopic (exact) mass is 348 g/mol. The summed E-state index contributed by atoms with van der Waals surface area (Å²) in [5.74, 6) is 0.237. The number of benzene rings is 2. The third-order valence-corrected chi connectivity index (χ3v) is 7.09. The van der Waals surface area contributed by atoms with E-state index in [1.165, 1.54) is 22.0 Å². The van der Waals surface area contributed by atoms with Crippen molar-refractivity contribution in [2.24, 2.45) is 0 Å².